The Kier molecular flexibility index (Phi) is 5.55. The molecule has 0 spiro atoms. The van der Waals surface area contributed by atoms with Gasteiger partial charge in [-0.1, -0.05) is 0 Å². The minimum absolute atomic E-state index is 0.0385. The monoisotopic (exact) mass is 466 g/mol. The highest BCUT2D eigenvalue weighted by atomic mass is 19.1. The molecule has 1 saturated carbocycles. The van der Waals surface area contributed by atoms with E-state index >= 15 is 0 Å². The molecule has 180 valence electrons. The topological polar surface area (TPSA) is 61.8 Å². The van der Waals surface area contributed by atoms with Crippen LogP contribution in [-0.2, 0) is 19.1 Å². The molecule has 3 fully saturated rings. The Morgan fingerprint density at radius 2 is 1.62 bits per heavy atom. The third-order valence-corrected chi connectivity index (χ3v) is 7.46. The lowest BCUT2D eigenvalue weighted by molar-refractivity contribution is -0.162. The van der Waals surface area contributed by atoms with Crippen LogP contribution in [0, 0.1) is 36.9 Å². The van der Waals surface area contributed by atoms with Gasteiger partial charge in [-0.05, 0) is 101 Å². The number of halogens is 1. The van der Waals surface area contributed by atoms with Gasteiger partial charge in [0.1, 0.15) is 29.2 Å². The Balaban J connectivity index is 1.50. The molecule has 5 rings (SSSR count). The summed E-state index contributed by atoms with van der Waals surface area (Å²) >= 11 is 0. The van der Waals surface area contributed by atoms with Crippen molar-refractivity contribution in [3.63, 3.8) is 0 Å². The van der Waals surface area contributed by atoms with Crippen LogP contribution in [-0.4, -0.2) is 30.1 Å². The summed E-state index contributed by atoms with van der Waals surface area (Å²) in [6.45, 7) is 9.39. The molecule has 2 aliphatic heterocycles. The van der Waals surface area contributed by atoms with Crippen molar-refractivity contribution in [2.75, 3.05) is 0 Å². The standard InChI is InChI=1S/C28H31FO5/c1-14-12-18(32-17-8-6-16(29)7-9-17)13-15(2)21(14)24-25(30)22-19-10-11-20(33-19)23(22)26(24)34-27(31)28(3,4)5/h6-9,12-13,19-20,22-24,26H,10-11H2,1-5H3. The average Bonchev–Trinajstić information content (AvgIpc) is 3.43. The summed E-state index contributed by atoms with van der Waals surface area (Å²) in [7, 11) is 0. The van der Waals surface area contributed by atoms with Crippen LogP contribution < -0.4 is 4.74 Å². The lowest BCUT2D eigenvalue weighted by Crippen LogP contribution is -2.38. The second-order valence-corrected chi connectivity index (χ2v) is 10.9. The highest BCUT2D eigenvalue weighted by Crippen LogP contribution is 2.56. The van der Waals surface area contributed by atoms with Crippen molar-refractivity contribution < 1.29 is 28.2 Å². The van der Waals surface area contributed by atoms with Crippen molar-refractivity contribution in [3.05, 3.63) is 58.9 Å². The Bertz CT molecular complexity index is 1110. The molecule has 6 unspecified atom stereocenters. The smallest absolute Gasteiger partial charge is 0.311 e. The lowest BCUT2D eigenvalue weighted by atomic mass is 9.80. The number of fused-ring (bicyclic) bond motifs is 5. The van der Waals surface area contributed by atoms with Gasteiger partial charge in [0, 0.05) is 5.92 Å². The molecular formula is C28H31FO5. The van der Waals surface area contributed by atoms with E-state index in [1.807, 2.05) is 46.8 Å². The molecule has 2 heterocycles. The molecular weight excluding hydrogens is 435 g/mol. The quantitative estimate of drug-likeness (QED) is 0.545. The highest BCUT2D eigenvalue weighted by Gasteiger charge is 2.64. The minimum atomic E-state index is -0.666. The van der Waals surface area contributed by atoms with Crippen molar-refractivity contribution in [1.82, 2.24) is 0 Å². The van der Waals surface area contributed by atoms with Gasteiger partial charge < -0.3 is 14.2 Å². The van der Waals surface area contributed by atoms with Crippen molar-refractivity contribution in [1.29, 1.82) is 0 Å². The molecule has 6 heteroatoms. The lowest BCUT2D eigenvalue weighted by Gasteiger charge is -2.31. The van der Waals surface area contributed by atoms with Crippen LogP contribution in [0.2, 0.25) is 0 Å². The van der Waals surface area contributed by atoms with Crippen LogP contribution in [0.15, 0.2) is 36.4 Å². The molecule has 2 saturated heterocycles. The third-order valence-electron chi connectivity index (χ3n) is 7.46. The summed E-state index contributed by atoms with van der Waals surface area (Å²) in [4.78, 5) is 26.7. The molecule has 0 N–H and O–H groups in total. The van der Waals surface area contributed by atoms with Crippen LogP contribution in [0.25, 0.3) is 0 Å². The fourth-order valence-corrected chi connectivity index (χ4v) is 5.97. The summed E-state index contributed by atoms with van der Waals surface area (Å²) < 4.78 is 31.4. The molecule has 2 aromatic rings. The van der Waals surface area contributed by atoms with Crippen molar-refractivity contribution in [3.8, 4) is 11.5 Å². The zero-order valence-corrected chi connectivity index (χ0v) is 20.3. The van der Waals surface area contributed by atoms with E-state index in [0.29, 0.717) is 11.5 Å². The molecule has 0 amide bonds. The van der Waals surface area contributed by atoms with Crippen LogP contribution in [0.3, 0.4) is 0 Å². The maximum absolute atomic E-state index is 13.8. The number of hydrogen-bond acceptors (Lipinski definition) is 5. The number of rotatable bonds is 4. The van der Waals surface area contributed by atoms with Crippen LogP contribution >= 0.6 is 0 Å². The number of carbonyl (C=O) groups is 2. The van der Waals surface area contributed by atoms with Gasteiger partial charge >= 0.3 is 5.97 Å². The van der Waals surface area contributed by atoms with Crippen LogP contribution in [0.5, 0.6) is 11.5 Å². The molecule has 3 aliphatic rings. The molecule has 2 bridgehead atoms. The number of aryl methyl sites for hydroxylation is 2. The fourth-order valence-electron chi connectivity index (χ4n) is 5.97. The third kappa shape index (κ3) is 3.82. The van der Waals surface area contributed by atoms with Crippen molar-refractivity contribution in [2.24, 2.45) is 17.3 Å². The van der Waals surface area contributed by atoms with Crippen LogP contribution in [0.4, 0.5) is 4.39 Å². The maximum Gasteiger partial charge on any atom is 0.311 e. The molecule has 0 radical (unpaired) electrons. The van der Waals surface area contributed by atoms with Gasteiger partial charge in [0.2, 0.25) is 0 Å². The van der Waals surface area contributed by atoms with Crippen molar-refractivity contribution in [2.45, 2.75) is 71.7 Å². The number of ether oxygens (including phenoxy) is 3. The van der Waals surface area contributed by atoms with E-state index in [1.54, 1.807) is 12.1 Å². The molecule has 5 nitrogen and oxygen atoms in total. The van der Waals surface area contributed by atoms with E-state index in [1.165, 1.54) is 12.1 Å². The van der Waals surface area contributed by atoms with Gasteiger partial charge in [0.05, 0.1) is 29.5 Å². The number of carbonyl (C=O) groups excluding carboxylic acids is 2. The summed E-state index contributed by atoms with van der Waals surface area (Å²) in [6.07, 6.45) is 1.12. The Morgan fingerprint density at radius 3 is 2.24 bits per heavy atom. The zero-order chi connectivity index (χ0) is 24.4. The van der Waals surface area contributed by atoms with E-state index in [4.69, 9.17) is 14.2 Å². The van der Waals surface area contributed by atoms with E-state index in [0.717, 1.165) is 29.5 Å². The molecule has 1 aliphatic carbocycles. The number of hydrogen-bond donors (Lipinski definition) is 0. The van der Waals surface area contributed by atoms with E-state index in [2.05, 4.69) is 0 Å². The normalized spacial score (nSPS) is 29.9. The molecule has 2 aromatic carbocycles. The second kappa shape index (κ2) is 8.19. The Labute approximate surface area is 199 Å². The average molecular weight is 467 g/mol. The summed E-state index contributed by atoms with van der Waals surface area (Å²) in [5, 5.41) is 0. The maximum atomic E-state index is 13.8. The van der Waals surface area contributed by atoms with Gasteiger partial charge in [-0.2, -0.15) is 0 Å². The first-order chi connectivity index (χ1) is 16.0. The van der Waals surface area contributed by atoms with E-state index < -0.39 is 17.4 Å². The number of Topliss-reactive ketones (excluding diaryl/α,β-unsaturated/α-hetero) is 1. The molecule has 6 atom stereocenters. The minimum Gasteiger partial charge on any atom is -0.460 e. The predicted octanol–water partition coefficient (Wildman–Crippen LogP) is 5.65. The van der Waals surface area contributed by atoms with E-state index in [-0.39, 0.29) is 41.6 Å². The zero-order valence-electron chi connectivity index (χ0n) is 20.3. The largest absolute Gasteiger partial charge is 0.460 e. The van der Waals surface area contributed by atoms with Gasteiger partial charge in [-0.25, -0.2) is 4.39 Å². The van der Waals surface area contributed by atoms with E-state index in [9.17, 15) is 14.0 Å². The van der Waals surface area contributed by atoms with Gasteiger partial charge in [0.25, 0.3) is 0 Å². The number of benzene rings is 2. The fraction of sp³-hybridized carbons (Fsp3) is 0.500. The summed E-state index contributed by atoms with van der Waals surface area (Å²) in [6, 6.07) is 9.64. The molecule has 34 heavy (non-hydrogen) atoms. The van der Waals surface area contributed by atoms with Crippen LogP contribution in [0.1, 0.15) is 56.2 Å². The van der Waals surface area contributed by atoms with Gasteiger partial charge in [0.15, 0.2) is 0 Å². The van der Waals surface area contributed by atoms with Crippen molar-refractivity contribution >= 4 is 11.8 Å². The van der Waals surface area contributed by atoms with Gasteiger partial charge in [-0.3, -0.25) is 9.59 Å². The first-order valence-electron chi connectivity index (χ1n) is 12.0. The van der Waals surface area contributed by atoms with Gasteiger partial charge in [-0.15, -0.1) is 0 Å². The highest BCUT2D eigenvalue weighted by molar-refractivity contribution is 5.94. The first-order valence-corrected chi connectivity index (χ1v) is 12.0. The Hall–Kier alpha value is -2.73. The number of esters is 1. The summed E-state index contributed by atoms with van der Waals surface area (Å²) in [5.74, 6) is -0.213. The molecule has 0 aromatic heterocycles. The SMILES string of the molecule is Cc1cc(Oc2ccc(F)cc2)cc(C)c1C1C(=O)C2C3CCC(O3)C2C1OC(=O)C(C)(C)C. The number of ketones is 1. The first kappa shape index (κ1) is 23.0. The predicted molar refractivity (Wildman–Crippen MR) is 124 cm³/mol. The Morgan fingerprint density at radius 1 is 1.00 bits per heavy atom. The summed E-state index contributed by atoms with van der Waals surface area (Å²) in [5.41, 5.74) is 2.04. The second-order valence-electron chi connectivity index (χ2n) is 10.9.